The third-order valence-electron chi connectivity index (χ3n) is 6.52. The molecule has 35 heavy (non-hydrogen) atoms. The van der Waals surface area contributed by atoms with E-state index in [4.69, 9.17) is 21.6 Å². The van der Waals surface area contributed by atoms with Gasteiger partial charge in [0.2, 0.25) is 5.95 Å². The number of aromatic nitrogens is 2. The van der Waals surface area contributed by atoms with Crippen LogP contribution in [-0.4, -0.2) is 42.2 Å². The lowest BCUT2D eigenvalue weighted by atomic mass is 9.91. The highest BCUT2D eigenvalue weighted by Crippen LogP contribution is 2.34. The van der Waals surface area contributed by atoms with Crippen molar-refractivity contribution in [1.82, 2.24) is 15.3 Å². The Labute approximate surface area is 207 Å². The lowest BCUT2D eigenvalue weighted by Crippen LogP contribution is -2.42. The molecule has 11 heteroatoms. The normalized spacial score (nSPS) is 20.1. The second-order valence-electron chi connectivity index (χ2n) is 9.38. The largest absolute Gasteiger partial charge is 0.416 e. The quantitative estimate of drug-likeness (QED) is 0.485. The zero-order valence-corrected chi connectivity index (χ0v) is 20.6. The zero-order valence-electron chi connectivity index (χ0n) is 19.8. The first kappa shape index (κ1) is 25.3. The summed E-state index contributed by atoms with van der Waals surface area (Å²) in [6, 6.07) is 2.37. The van der Waals surface area contributed by atoms with Gasteiger partial charge in [0.25, 0.3) is 0 Å². The van der Waals surface area contributed by atoms with Gasteiger partial charge in [0.15, 0.2) is 0 Å². The number of rotatable bonds is 5. The Morgan fingerprint density at radius 3 is 2.43 bits per heavy atom. The van der Waals surface area contributed by atoms with Crippen molar-refractivity contribution in [3.05, 3.63) is 40.0 Å². The number of halogens is 4. The lowest BCUT2D eigenvalue weighted by molar-refractivity contribution is -0.137. The van der Waals surface area contributed by atoms with Crippen molar-refractivity contribution in [1.29, 1.82) is 0 Å². The molecule has 2 aliphatic rings. The molecule has 2 amide bonds. The molecule has 0 saturated heterocycles. The molecule has 190 valence electrons. The first-order valence-electron chi connectivity index (χ1n) is 11.9. The molecule has 1 aromatic carbocycles. The number of hydrogen-bond donors (Lipinski definition) is 3. The van der Waals surface area contributed by atoms with Crippen LogP contribution in [0.1, 0.15) is 55.3 Å². The summed E-state index contributed by atoms with van der Waals surface area (Å²) >= 11 is 5.97. The molecule has 3 N–H and O–H groups in total. The van der Waals surface area contributed by atoms with Gasteiger partial charge in [0, 0.05) is 31.7 Å². The Hall–Kier alpha value is -2.75. The first-order valence-corrected chi connectivity index (χ1v) is 12.3. The van der Waals surface area contributed by atoms with Crippen molar-refractivity contribution in [2.45, 2.75) is 69.6 Å². The second-order valence-corrected chi connectivity index (χ2v) is 9.79. The van der Waals surface area contributed by atoms with Gasteiger partial charge in [0.1, 0.15) is 5.82 Å². The molecule has 0 unspecified atom stereocenters. The maximum absolute atomic E-state index is 13.0. The predicted octanol–water partition coefficient (Wildman–Crippen LogP) is 5.64. The van der Waals surface area contributed by atoms with Crippen molar-refractivity contribution in [3.8, 4) is 0 Å². The minimum absolute atomic E-state index is 0.0446. The van der Waals surface area contributed by atoms with Crippen LogP contribution in [0.5, 0.6) is 0 Å². The van der Waals surface area contributed by atoms with E-state index >= 15 is 0 Å². The average molecular weight is 511 g/mol. The van der Waals surface area contributed by atoms with Crippen LogP contribution in [0.2, 0.25) is 5.02 Å². The third kappa shape index (κ3) is 6.28. The number of hydrogen-bond acceptors (Lipinski definition) is 5. The van der Waals surface area contributed by atoms with E-state index in [-0.39, 0.29) is 22.8 Å². The van der Waals surface area contributed by atoms with Gasteiger partial charge in [0.05, 0.1) is 22.0 Å². The van der Waals surface area contributed by atoms with Gasteiger partial charge in [-0.25, -0.2) is 9.78 Å². The Balaban J connectivity index is 1.31. The molecule has 0 spiro atoms. The number of aryl methyl sites for hydroxylation is 1. The van der Waals surface area contributed by atoms with E-state index < -0.39 is 17.8 Å². The van der Waals surface area contributed by atoms with Crippen LogP contribution in [-0.2, 0) is 19.0 Å². The monoisotopic (exact) mass is 510 g/mol. The molecule has 2 aromatic rings. The molecular formula is C24H30ClF3N6O. The summed E-state index contributed by atoms with van der Waals surface area (Å²) in [6.45, 7) is 0. The molecule has 1 fully saturated rings. The van der Waals surface area contributed by atoms with Crippen LogP contribution in [0.4, 0.5) is 35.4 Å². The average Bonchev–Trinajstić information content (AvgIpc) is 2.80. The van der Waals surface area contributed by atoms with Crippen LogP contribution in [0, 0.1) is 0 Å². The summed E-state index contributed by atoms with van der Waals surface area (Å²) in [6.07, 6.45) is 2.84. The van der Waals surface area contributed by atoms with E-state index in [1.54, 1.807) is 0 Å². The SMILES string of the molecule is CN(C)c1nc(N[C@H]2CC[C@@H](NC(=O)Nc3cc(C(F)(F)F)ccc3Cl)CC2)nc2c1CCCC2. The van der Waals surface area contributed by atoms with E-state index in [0.717, 1.165) is 81.1 Å². The highest BCUT2D eigenvalue weighted by molar-refractivity contribution is 6.33. The molecule has 1 aromatic heterocycles. The van der Waals surface area contributed by atoms with Crippen molar-refractivity contribution in [3.63, 3.8) is 0 Å². The van der Waals surface area contributed by atoms with Crippen molar-refractivity contribution in [2.75, 3.05) is 29.6 Å². The number of alkyl halides is 3. The Morgan fingerprint density at radius 1 is 1.06 bits per heavy atom. The van der Waals surface area contributed by atoms with Crippen LogP contribution in [0.25, 0.3) is 0 Å². The van der Waals surface area contributed by atoms with Gasteiger partial charge in [-0.15, -0.1) is 0 Å². The Morgan fingerprint density at radius 2 is 1.74 bits per heavy atom. The number of carbonyl (C=O) groups excluding carboxylic acids is 1. The Kier molecular flexibility index (Phi) is 7.59. The first-order chi connectivity index (χ1) is 16.6. The van der Waals surface area contributed by atoms with Crippen molar-refractivity contribution >= 4 is 35.1 Å². The molecule has 0 radical (unpaired) electrons. The third-order valence-corrected chi connectivity index (χ3v) is 6.85. The maximum atomic E-state index is 13.0. The number of fused-ring (bicyclic) bond motifs is 1. The minimum Gasteiger partial charge on any atom is -0.362 e. The molecule has 0 atom stereocenters. The summed E-state index contributed by atoms with van der Waals surface area (Å²) in [5.41, 5.74) is 1.42. The van der Waals surface area contributed by atoms with Crippen LogP contribution in [0.15, 0.2) is 18.2 Å². The summed E-state index contributed by atoms with van der Waals surface area (Å²) in [4.78, 5) is 24.0. The fourth-order valence-electron chi connectivity index (χ4n) is 4.71. The van der Waals surface area contributed by atoms with Gasteiger partial charge in [-0.3, -0.25) is 0 Å². The van der Waals surface area contributed by atoms with Gasteiger partial charge < -0.3 is 20.9 Å². The number of amides is 2. The molecule has 4 rings (SSSR count). The molecule has 0 aliphatic heterocycles. The van der Waals surface area contributed by atoms with Gasteiger partial charge >= 0.3 is 12.2 Å². The number of urea groups is 1. The fourth-order valence-corrected chi connectivity index (χ4v) is 4.88. The lowest BCUT2D eigenvalue weighted by Gasteiger charge is -2.30. The number of anilines is 3. The highest BCUT2D eigenvalue weighted by atomic mass is 35.5. The van der Waals surface area contributed by atoms with Gasteiger partial charge in [-0.05, 0) is 69.6 Å². The smallest absolute Gasteiger partial charge is 0.362 e. The van der Waals surface area contributed by atoms with Gasteiger partial charge in [-0.1, -0.05) is 11.6 Å². The molecule has 0 bridgehead atoms. The number of benzene rings is 1. The molecule has 7 nitrogen and oxygen atoms in total. The zero-order chi connectivity index (χ0) is 25.2. The number of nitrogens with zero attached hydrogens (tertiary/aromatic N) is 3. The van der Waals surface area contributed by atoms with Crippen LogP contribution < -0.4 is 20.9 Å². The predicted molar refractivity (Wildman–Crippen MR) is 131 cm³/mol. The topological polar surface area (TPSA) is 82.2 Å². The second kappa shape index (κ2) is 10.5. The van der Waals surface area contributed by atoms with E-state index in [2.05, 4.69) is 16.0 Å². The van der Waals surface area contributed by atoms with Crippen LogP contribution >= 0.6 is 11.6 Å². The number of carbonyl (C=O) groups is 1. The standard InChI is InChI=1S/C24H30ClF3N6O/c1-34(2)21-17-5-3-4-6-19(17)31-22(33-21)29-15-8-10-16(11-9-15)30-23(35)32-20-13-14(24(26,27)28)7-12-18(20)25/h7,12-13,15-16H,3-6,8-11H2,1-2H3,(H,29,31,33)(H2,30,32,35)/t15-,16+. The van der Waals surface area contributed by atoms with Crippen molar-refractivity contribution in [2.24, 2.45) is 0 Å². The maximum Gasteiger partial charge on any atom is 0.416 e. The molecule has 1 saturated carbocycles. The molecule has 2 aliphatic carbocycles. The minimum atomic E-state index is -4.52. The Bertz CT molecular complexity index is 1070. The van der Waals surface area contributed by atoms with E-state index in [1.807, 2.05) is 19.0 Å². The summed E-state index contributed by atoms with van der Waals surface area (Å²) in [5.74, 6) is 1.61. The molecule has 1 heterocycles. The number of nitrogens with one attached hydrogen (secondary N) is 3. The summed E-state index contributed by atoms with van der Waals surface area (Å²) in [5, 5.41) is 8.80. The van der Waals surface area contributed by atoms with E-state index in [0.29, 0.717) is 5.95 Å². The summed E-state index contributed by atoms with van der Waals surface area (Å²) < 4.78 is 38.9. The van der Waals surface area contributed by atoms with Crippen molar-refractivity contribution < 1.29 is 18.0 Å². The van der Waals surface area contributed by atoms with Crippen LogP contribution in [0.3, 0.4) is 0 Å². The fraction of sp³-hybridized carbons (Fsp3) is 0.542. The highest BCUT2D eigenvalue weighted by Gasteiger charge is 2.31. The van der Waals surface area contributed by atoms with E-state index in [1.165, 1.54) is 5.56 Å². The van der Waals surface area contributed by atoms with E-state index in [9.17, 15) is 18.0 Å². The summed E-state index contributed by atoms with van der Waals surface area (Å²) in [7, 11) is 3.99. The molecular weight excluding hydrogens is 481 g/mol. The van der Waals surface area contributed by atoms with Gasteiger partial charge in [-0.2, -0.15) is 18.2 Å².